The molecule has 1 aliphatic heterocycles. The molecule has 2 N–H and O–H groups in total. The number of barbiturate groups is 1. The first-order valence-corrected chi connectivity index (χ1v) is 11.7. The van der Waals surface area contributed by atoms with Crippen LogP contribution in [-0.4, -0.2) is 22.8 Å². The van der Waals surface area contributed by atoms with Crippen LogP contribution in [-0.2, 0) is 16.1 Å². The van der Waals surface area contributed by atoms with Gasteiger partial charge in [-0.05, 0) is 36.1 Å². The number of imide groups is 2. The summed E-state index contributed by atoms with van der Waals surface area (Å²) in [6.45, 7) is 2.37. The molecule has 1 aromatic heterocycles. The lowest BCUT2D eigenvalue weighted by atomic mass is 9.78. The lowest BCUT2D eigenvalue weighted by molar-refractivity contribution is -0.687. The van der Waals surface area contributed by atoms with Gasteiger partial charge in [0.2, 0.25) is 11.8 Å². The van der Waals surface area contributed by atoms with Gasteiger partial charge in [-0.25, -0.2) is 4.79 Å². The van der Waals surface area contributed by atoms with E-state index in [1.807, 2.05) is 72.4 Å². The number of fused-ring (bicyclic) bond motifs is 1. The number of pyridine rings is 1. The SMILES string of the molecule is Cc1ccc(C(c2c[n+](Cc3ccc([N+](=O)[O-])cc3)cc3ccccc23)C2C(=O)NC(=O)NC2=O)cc1. The van der Waals surface area contributed by atoms with Gasteiger partial charge in [0.15, 0.2) is 18.9 Å². The molecule has 0 aliphatic carbocycles. The fourth-order valence-electron chi connectivity index (χ4n) is 4.77. The van der Waals surface area contributed by atoms with E-state index in [0.717, 1.165) is 33.0 Å². The maximum absolute atomic E-state index is 13.0. The fourth-order valence-corrected chi connectivity index (χ4v) is 4.77. The molecule has 4 aromatic rings. The number of nitrogens with one attached hydrogen (secondary N) is 2. The van der Waals surface area contributed by atoms with Gasteiger partial charge < -0.3 is 0 Å². The van der Waals surface area contributed by atoms with E-state index in [4.69, 9.17) is 0 Å². The van der Waals surface area contributed by atoms with E-state index in [1.54, 1.807) is 12.1 Å². The van der Waals surface area contributed by atoms with Gasteiger partial charge in [0.25, 0.3) is 5.69 Å². The smallest absolute Gasteiger partial charge is 0.277 e. The summed E-state index contributed by atoms with van der Waals surface area (Å²) in [6, 6.07) is 20.8. The molecule has 184 valence electrons. The van der Waals surface area contributed by atoms with Crippen molar-refractivity contribution in [3.8, 4) is 0 Å². The first kappa shape index (κ1) is 23.8. The Labute approximate surface area is 211 Å². The van der Waals surface area contributed by atoms with Gasteiger partial charge in [0.05, 0.1) is 4.92 Å². The summed E-state index contributed by atoms with van der Waals surface area (Å²) in [5.41, 5.74) is 3.39. The predicted octanol–water partition coefficient (Wildman–Crippen LogP) is 3.51. The number of carbonyl (C=O) groups is 3. The van der Waals surface area contributed by atoms with Crippen molar-refractivity contribution in [2.24, 2.45) is 5.92 Å². The second-order valence-corrected chi connectivity index (χ2v) is 9.07. The van der Waals surface area contributed by atoms with Crippen LogP contribution < -0.4 is 15.2 Å². The van der Waals surface area contributed by atoms with Crippen molar-refractivity contribution in [3.63, 3.8) is 0 Å². The van der Waals surface area contributed by atoms with Crippen LogP contribution in [0.4, 0.5) is 10.5 Å². The third kappa shape index (κ3) is 4.79. The minimum absolute atomic E-state index is 0.0104. The van der Waals surface area contributed by atoms with Gasteiger partial charge in [0.1, 0.15) is 5.92 Å². The average molecular weight is 496 g/mol. The monoisotopic (exact) mass is 495 g/mol. The molecule has 0 saturated carbocycles. The number of amides is 4. The lowest BCUT2D eigenvalue weighted by Gasteiger charge is -2.29. The van der Waals surface area contributed by atoms with Gasteiger partial charge in [-0.15, -0.1) is 0 Å². The standard InChI is InChI=1S/C28H22N4O5/c1-17-6-10-19(11-7-17)24(25-26(33)29-28(35)30-27(25)34)23-16-31(15-20-4-2-3-5-22(20)23)14-18-8-12-21(13-9-18)32(36)37/h2-13,15-16,24-25H,14H2,1H3,(H-,29,30,33,34,35)/p+1. The highest BCUT2D eigenvalue weighted by atomic mass is 16.6. The molecule has 0 radical (unpaired) electrons. The Morgan fingerprint density at radius 3 is 2.19 bits per heavy atom. The van der Waals surface area contributed by atoms with Crippen LogP contribution in [0.15, 0.2) is 85.2 Å². The average Bonchev–Trinajstić information content (AvgIpc) is 2.87. The predicted molar refractivity (Wildman–Crippen MR) is 135 cm³/mol. The maximum atomic E-state index is 13.0. The Kier molecular flexibility index (Phi) is 6.19. The van der Waals surface area contributed by atoms with Crippen molar-refractivity contribution in [2.45, 2.75) is 19.4 Å². The van der Waals surface area contributed by atoms with E-state index < -0.39 is 34.6 Å². The van der Waals surface area contributed by atoms with Crippen molar-refractivity contribution in [1.82, 2.24) is 10.6 Å². The quantitative estimate of drug-likeness (QED) is 0.183. The van der Waals surface area contributed by atoms with Crippen LogP contribution in [0, 0.1) is 23.0 Å². The highest BCUT2D eigenvalue weighted by molar-refractivity contribution is 6.17. The number of benzene rings is 3. The van der Waals surface area contributed by atoms with E-state index >= 15 is 0 Å². The van der Waals surface area contributed by atoms with Crippen LogP contribution in [0.5, 0.6) is 0 Å². The van der Waals surface area contributed by atoms with E-state index in [2.05, 4.69) is 10.6 Å². The maximum Gasteiger partial charge on any atom is 0.328 e. The van der Waals surface area contributed by atoms with E-state index in [1.165, 1.54) is 12.1 Å². The van der Waals surface area contributed by atoms with Crippen molar-refractivity contribution in [2.75, 3.05) is 0 Å². The van der Waals surface area contributed by atoms with Crippen molar-refractivity contribution in [1.29, 1.82) is 0 Å². The molecule has 37 heavy (non-hydrogen) atoms. The summed E-state index contributed by atoms with van der Waals surface area (Å²) < 4.78 is 1.93. The minimum atomic E-state index is -1.17. The van der Waals surface area contributed by atoms with Gasteiger partial charge >= 0.3 is 6.03 Å². The molecule has 1 aliphatic rings. The normalized spacial score (nSPS) is 14.8. The summed E-state index contributed by atoms with van der Waals surface area (Å²) in [5, 5.41) is 17.3. The van der Waals surface area contributed by atoms with Crippen molar-refractivity contribution in [3.05, 3.63) is 118 Å². The fraction of sp³-hybridized carbons (Fsp3) is 0.143. The number of urea groups is 1. The van der Waals surface area contributed by atoms with E-state index in [-0.39, 0.29) is 5.69 Å². The zero-order valence-corrected chi connectivity index (χ0v) is 19.9. The molecule has 2 heterocycles. The highest BCUT2D eigenvalue weighted by Crippen LogP contribution is 2.37. The molecule has 1 atom stereocenters. The number of nitrogens with zero attached hydrogens (tertiary/aromatic N) is 2. The van der Waals surface area contributed by atoms with Crippen LogP contribution in [0.2, 0.25) is 0 Å². The second-order valence-electron chi connectivity index (χ2n) is 9.07. The lowest BCUT2D eigenvalue weighted by Crippen LogP contribution is -2.57. The Morgan fingerprint density at radius 2 is 1.54 bits per heavy atom. The molecule has 1 saturated heterocycles. The Morgan fingerprint density at radius 1 is 0.892 bits per heavy atom. The molecular weight excluding hydrogens is 472 g/mol. The third-order valence-electron chi connectivity index (χ3n) is 6.54. The first-order valence-electron chi connectivity index (χ1n) is 11.7. The Bertz CT molecular complexity index is 1530. The Hall–Kier alpha value is -4.92. The molecule has 1 unspecified atom stereocenters. The number of hydrogen-bond donors (Lipinski definition) is 2. The van der Waals surface area contributed by atoms with Crippen LogP contribution in [0.1, 0.15) is 28.2 Å². The number of non-ortho nitro benzene ring substituents is 1. The molecule has 3 aromatic carbocycles. The largest absolute Gasteiger partial charge is 0.328 e. The Balaban J connectivity index is 1.66. The van der Waals surface area contributed by atoms with Gasteiger partial charge in [-0.2, -0.15) is 4.57 Å². The minimum Gasteiger partial charge on any atom is -0.277 e. The van der Waals surface area contributed by atoms with Crippen LogP contribution >= 0.6 is 0 Å². The van der Waals surface area contributed by atoms with Gasteiger partial charge in [0, 0.05) is 34.6 Å². The van der Waals surface area contributed by atoms with Crippen LogP contribution in [0.25, 0.3) is 10.8 Å². The third-order valence-corrected chi connectivity index (χ3v) is 6.54. The summed E-state index contributed by atoms with van der Waals surface area (Å²) >= 11 is 0. The number of hydrogen-bond acceptors (Lipinski definition) is 5. The molecule has 0 bridgehead atoms. The molecule has 9 heteroatoms. The highest BCUT2D eigenvalue weighted by Gasteiger charge is 2.43. The number of rotatable bonds is 6. The second kappa shape index (κ2) is 9.62. The summed E-state index contributed by atoms with van der Waals surface area (Å²) in [7, 11) is 0. The van der Waals surface area contributed by atoms with E-state index in [0.29, 0.717) is 6.54 Å². The molecule has 0 spiro atoms. The summed E-state index contributed by atoms with van der Waals surface area (Å²) in [5.74, 6) is -3.16. The van der Waals surface area contributed by atoms with Crippen LogP contribution in [0.3, 0.4) is 0 Å². The number of aromatic nitrogens is 1. The molecule has 9 nitrogen and oxygen atoms in total. The van der Waals surface area contributed by atoms with Gasteiger partial charge in [-0.3, -0.25) is 30.3 Å². The van der Waals surface area contributed by atoms with Crippen molar-refractivity contribution >= 4 is 34.3 Å². The number of aryl methyl sites for hydroxylation is 1. The topological polar surface area (TPSA) is 122 Å². The molecule has 4 amide bonds. The number of nitro groups is 1. The zero-order valence-electron chi connectivity index (χ0n) is 19.9. The number of carbonyl (C=O) groups excluding carboxylic acids is 3. The summed E-state index contributed by atoms with van der Waals surface area (Å²) in [4.78, 5) is 48.4. The summed E-state index contributed by atoms with van der Waals surface area (Å²) in [6.07, 6.45) is 3.85. The number of nitro benzene ring substituents is 1. The van der Waals surface area contributed by atoms with Crippen molar-refractivity contribution < 1.29 is 23.9 Å². The molecule has 1 fully saturated rings. The van der Waals surface area contributed by atoms with E-state index in [9.17, 15) is 24.5 Å². The van der Waals surface area contributed by atoms with Gasteiger partial charge in [-0.1, -0.05) is 48.0 Å². The molecular formula is C28H23N4O5+. The molecule has 5 rings (SSSR count). The zero-order chi connectivity index (χ0) is 26.1. The first-order chi connectivity index (χ1) is 17.8.